The van der Waals surface area contributed by atoms with Gasteiger partial charge in [0.2, 0.25) is 0 Å². The maximum absolute atomic E-state index is 13.6. The van der Waals surface area contributed by atoms with E-state index in [4.69, 9.17) is 16.3 Å². The number of aromatic nitrogens is 2. The van der Waals surface area contributed by atoms with Crippen LogP contribution in [0, 0.1) is 0 Å². The molecule has 0 aliphatic heterocycles. The van der Waals surface area contributed by atoms with E-state index in [1.165, 1.54) is 0 Å². The van der Waals surface area contributed by atoms with Gasteiger partial charge in [-0.25, -0.2) is 9.37 Å². The summed E-state index contributed by atoms with van der Waals surface area (Å²) in [5.41, 5.74) is -0.167. The molecule has 7 heteroatoms. The zero-order valence-corrected chi connectivity index (χ0v) is 13.5. The van der Waals surface area contributed by atoms with Gasteiger partial charge in [-0.05, 0) is 12.1 Å². The van der Waals surface area contributed by atoms with E-state index in [-0.39, 0.29) is 11.4 Å². The van der Waals surface area contributed by atoms with Crippen LogP contribution in [0.2, 0.25) is 5.15 Å². The number of fused-ring (bicyclic) bond motifs is 1. The molecule has 3 aliphatic carbocycles. The van der Waals surface area contributed by atoms with E-state index in [1.54, 1.807) is 19.4 Å². The fraction of sp³-hybridized carbons (Fsp3) is 0.500. The summed E-state index contributed by atoms with van der Waals surface area (Å²) in [6.45, 7) is 0.947. The number of methoxy groups -OCH3 is 1. The van der Waals surface area contributed by atoms with E-state index in [9.17, 15) is 9.18 Å². The second-order valence-electron chi connectivity index (χ2n) is 6.63. The zero-order chi connectivity index (χ0) is 16.2. The Kier molecular flexibility index (Phi) is 3.19. The minimum absolute atomic E-state index is 0.199. The Hall–Kier alpha value is -1.66. The first-order valence-corrected chi connectivity index (χ1v) is 7.97. The van der Waals surface area contributed by atoms with Gasteiger partial charge >= 0.3 is 0 Å². The highest BCUT2D eigenvalue weighted by Gasteiger charge is 2.70. The first-order valence-electron chi connectivity index (χ1n) is 7.59. The lowest BCUT2D eigenvalue weighted by Gasteiger charge is -2.65. The standard InChI is InChI=1S/C16H17ClFN3O2/c1-23-5-4-21-11(6-10-2-3-19-13(17)12(10)21)14(22)20-16-7-15(18,8-16)9-16/h2-3,6H,4-5,7-9H2,1H3,(H,20,22). The van der Waals surface area contributed by atoms with Crippen LogP contribution in [0.15, 0.2) is 18.3 Å². The maximum atomic E-state index is 13.6. The molecule has 2 heterocycles. The van der Waals surface area contributed by atoms with Crippen molar-refractivity contribution in [1.82, 2.24) is 14.9 Å². The second-order valence-corrected chi connectivity index (χ2v) is 6.99. The van der Waals surface area contributed by atoms with E-state index in [1.807, 2.05) is 10.6 Å². The average Bonchev–Trinajstić information content (AvgIpc) is 2.82. The van der Waals surface area contributed by atoms with Crippen molar-refractivity contribution in [3.05, 3.63) is 29.2 Å². The summed E-state index contributed by atoms with van der Waals surface area (Å²) in [6, 6.07) is 3.61. The third-order valence-corrected chi connectivity index (χ3v) is 5.14. The first kappa shape index (κ1) is 14.9. The van der Waals surface area contributed by atoms with Crippen molar-refractivity contribution >= 4 is 28.4 Å². The van der Waals surface area contributed by atoms with E-state index in [0.29, 0.717) is 43.3 Å². The van der Waals surface area contributed by atoms with Crippen LogP contribution in [0.1, 0.15) is 29.8 Å². The largest absolute Gasteiger partial charge is 0.383 e. The summed E-state index contributed by atoms with van der Waals surface area (Å²) >= 11 is 6.20. The van der Waals surface area contributed by atoms with E-state index >= 15 is 0 Å². The number of ether oxygens (including phenoxy) is 1. The number of hydrogen-bond acceptors (Lipinski definition) is 3. The first-order chi connectivity index (χ1) is 11.0. The molecule has 0 radical (unpaired) electrons. The van der Waals surface area contributed by atoms with Gasteiger partial charge in [-0.1, -0.05) is 11.6 Å². The summed E-state index contributed by atoms with van der Waals surface area (Å²) in [5.74, 6) is -0.199. The SMILES string of the molecule is COCCn1c(C(=O)NC23CC(F)(C2)C3)cc2ccnc(Cl)c21. The highest BCUT2D eigenvalue weighted by Crippen LogP contribution is 2.62. The van der Waals surface area contributed by atoms with Gasteiger partial charge in [-0.2, -0.15) is 0 Å². The summed E-state index contributed by atoms with van der Waals surface area (Å²) in [4.78, 5) is 16.8. The molecule has 0 aromatic carbocycles. The van der Waals surface area contributed by atoms with Crippen molar-refractivity contribution in [2.75, 3.05) is 13.7 Å². The van der Waals surface area contributed by atoms with Crippen LogP contribution >= 0.6 is 11.6 Å². The fourth-order valence-electron chi connectivity index (χ4n) is 3.88. The van der Waals surface area contributed by atoms with Gasteiger partial charge in [0.1, 0.15) is 11.4 Å². The molecule has 5 rings (SSSR count). The molecular weight excluding hydrogens is 321 g/mol. The lowest BCUT2D eigenvalue weighted by atomic mass is 9.47. The van der Waals surface area contributed by atoms with Crippen molar-refractivity contribution in [3.8, 4) is 0 Å². The molecule has 2 aromatic rings. The van der Waals surface area contributed by atoms with E-state index < -0.39 is 5.67 Å². The van der Waals surface area contributed by atoms with Crippen molar-refractivity contribution in [1.29, 1.82) is 0 Å². The minimum atomic E-state index is -1.04. The predicted molar refractivity (Wildman–Crippen MR) is 84.5 cm³/mol. The Bertz CT molecular complexity index is 784. The molecule has 5 nitrogen and oxygen atoms in total. The lowest BCUT2D eigenvalue weighted by molar-refractivity contribution is -0.162. The number of alkyl halides is 1. The third-order valence-electron chi connectivity index (χ3n) is 4.86. The number of nitrogens with zero attached hydrogens (tertiary/aromatic N) is 2. The van der Waals surface area contributed by atoms with Crippen molar-refractivity contribution in [2.24, 2.45) is 0 Å². The van der Waals surface area contributed by atoms with Crippen LogP contribution in [0.5, 0.6) is 0 Å². The summed E-state index contributed by atoms with van der Waals surface area (Å²) in [5, 5.41) is 4.20. The lowest BCUT2D eigenvalue weighted by Crippen LogP contribution is -2.76. The van der Waals surface area contributed by atoms with Gasteiger partial charge in [0, 0.05) is 50.0 Å². The Labute approximate surface area is 137 Å². The quantitative estimate of drug-likeness (QED) is 0.853. The molecule has 1 N–H and O–H groups in total. The molecule has 3 saturated carbocycles. The van der Waals surface area contributed by atoms with Crippen LogP contribution in [0.3, 0.4) is 0 Å². The van der Waals surface area contributed by atoms with Gasteiger partial charge in [-0.15, -0.1) is 0 Å². The number of nitrogens with one attached hydrogen (secondary N) is 1. The van der Waals surface area contributed by atoms with Crippen LogP contribution in [0.4, 0.5) is 4.39 Å². The topological polar surface area (TPSA) is 56.1 Å². The number of amides is 1. The van der Waals surface area contributed by atoms with E-state index in [0.717, 1.165) is 10.9 Å². The predicted octanol–water partition coefficient (Wildman–Crippen LogP) is 2.71. The van der Waals surface area contributed by atoms with Crippen LogP contribution in [0.25, 0.3) is 10.9 Å². The van der Waals surface area contributed by atoms with Crippen LogP contribution in [-0.4, -0.2) is 40.4 Å². The Morgan fingerprint density at radius 2 is 2.26 bits per heavy atom. The monoisotopic (exact) mass is 337 g/mol. The minimum Gasteiger partial charge on any atom is -0.383 e. The third kappa shape index (κ3) is 2.23. The van der Waals surface area contributed by atoms with Gasteiger partial charge < -0.3 is 14.6 Å². The molecule has 0 spiro atoms. The van der Waals surface area contributed by atoms with Gasteiger partial charge in [0.15, 0.2) is 5.15 Å². The maximum Gasteiger partial charge on any atom is 0.268 e. The number of pyridine rings is 1. The highest BCUT2D eigenvalue weighted by molar-refractivity contribution is 6.34. The van der Waals surface area contributed by atoms with Gasteiger partial charge in [0.25, 0.3) is 5.91 Å². The zero-order valence-electron chi connectivity index (χ0n) is 12.7. The molecule has 3 fully saturated rings. The molecule has 0 unspecified atom stereocenters. The number of carbonyl (C=O) groups is 1. The second kappa shape index (κ2) is 4.92. The molecule has 3 aliphatic rings. The molecule has 1 amide bonds. The smallest absolute Gasteiger partial charge is 0.268 e. The summed E-state index contributed by atoms with van der Waals surface area (Å²) in [7, 11) is 1.60. The normalized spacial score (nSPS) is 28.3. The van der Waals surface area contributed by atoms with Crippen molar-refractivity contribution in [2.45, 2.75) is 37.0 Å². The number of hydrogen-bond donors (Lipinski definition) is 1. The summed E-state index contributed by atoms with van der Waals surface area (Å²) in [6.07, 6.45) is 2.88. The van der Waals surface area contributed by atoms with E-state index in [2.05, 4.69) is 10.3 Å². The number of halogens is 2. The van der Waals surface area contributed by atoms with Crippen molar-refractivity contribution < 1.29 is 13.9 Å². The molecule has 23 heavy (non-hydrogen) atoms. The van der Waals surface area contributed by atoms with Gasteiger partial charge in [0.05, 0.1) is 12.1 Å². The molecule has 0 atom stereocenters. The molecule has 2 bridgehead atoms. The number of rotatable bonds is 5. The average molecular weight is 338 g/mol. The Morgan fingerprint density at radius 1 is 1.52 bits per heavy atom. The van der Waals surface area contributed by atoms with Gasteiger partial charge in [-0.3, -0.25) is 4.79 Å². The Morgan fingerprint density at radius 3 is 2.91 bits per heavy atom. The van der Waals surface area contributed by atoms with Crippen molar-refractivity contribution in [3.63, 3.8) is 0 Å². The van der Waals surface area contributed by atoms with Crippen LogP contribution in [-0.2, 0) is 11.3 Å². The molecule has 2 aromatic heterocycles. The highest BCUT2D eigenvalue weighted by atomic mass is 35.5. The molecule has 0 saturated heterocycles. The molecule has 122 valence electrons. The fourth-order valence-corrected chi connectivity index (χ4v) is 4.14. The Balaban J connectivity index is 1.68. The summed E-state index contributed by atoms with van der Waals surface area (Å²) < 4.78 is 20.6. The van der Waals surface area contributed by atoms with Crippen LogP contribution < -0.4 is 5.32 Å². The molecular formula is C16H17ClFN3O2. The number of carbonyl (C=O) groups excluding carboxylic acids is 1.